The Morgan fingerprint density at radius 1 is 1.19 bits per heavy atom. The van der Waals surface area contributed by atoms with Crippen molar-refractivity contribution in [3.05, 3.63) is 93.2 Å². The summed E-state index contributed by atoms with van der Waals surface area (Å²) in [6.45, 7) is 0.750. The molecule has 2 aromatic heterocycles. The predicted octanol–water partition coefficient (Wildman–Crippen LogP) is 2.24. The Labute approximate surface area is 205 Å². The lowest BCUT2D eigenvalue weighted by molar-refractivity contribution is 0.0619. The Morgan fingerprint density at radius 3 is 2.69 bits per heavy atom. The van der Waals surface area contributed by atoms with Gasteiger partial charge in [0.05, 0.1) is 24.4 Å². The number of carbonyl (C=O) groups excluding carboxylic acids is 2. The molecular weight excluding hydrogens is 474 g/mol. The van der Waals surface area contributed by atoms with E-state index in [1.165, 1.54) is 28.9 Å². The molecule has 36 heavy (non-hydrogen) atoms. The maximum atomic E-state index is 14.0. The number of hydrogen-bond acceptors (Lipinski definition) is 7. The van der Waals surface area contributed by atoms with E-state index in [1.54, 1.807) is 29.4 Å². The Bertz CT molecular complexity index is 1350. The minimum absolute atomic E-state index is 0.0751. The van der Waals surface area contributed by atoms with Gasteiger partial charge in [0.2, 0.25) is 5.43 Å². The number of benzene rings is 1. The molecule has 1 aromatic carbocycles. The van der Waals surface area contributed by atoms with Crippen LogP contribution in [0.2, 0.25) is 0 Å². The number of ketones is 1. The highest BCUT2D eigenvalue weighted by Gasteiger charge is 2.34. The number of amides is 1. The van der Waals surface area contributed by atoms with Gasteiger partial charge >= 0.3 is 0 Å². The van der Waals surface area contributed by atoms with E-state index in [0.29, 0.717) is 5.69 Å². The normalized spacial score (nSPS) is 13.1. The van der Waals surface area contributed by atoms with Crippen molar-refractivity contribution in [2.45, 2.75) is 19.4 Å². The van der Waals surface area contributed by atoms with Crippen LogP contribution in [0.1, 0.15) is 38.5 Å². The van der Waals surface area contributed by atoms with E-state index in [1.807, 2.05) is 0 Å². The van der Waals surface area contributed by atoms with Crippen LogP contribution in [0.3, 0.4) is 0 Å². The van der Waals surface area contributed by atoms with Gasteiger partial charge in [-0.1, -0.05) is 12.1 Å². The zero-order chi connectivity index (χ0) is 25.8. The second-order valence-corrected chi connectivity index (χ2v) is 8.26. The fraction of sp³-hybridized carbons (Fsp3) is 0.280. The summed E-state index contributed by atoms with van der Waals surface area (Å²) in [6.07, 6.45) is 2.49. The zero-order valence-electron chi connectivity index (χ0n) is 19.5. The first-order valence-electron chi connectivity index (χ1n) is 11.2. The predicted molar refractivity (Wildman–Crippen MR) is 125 cm³/mol. The van der Waals surface area contributed by atoms with Crippen LogP contribution in [-0.2, 0) is 17.7 Å². The minimum Gasteiger partial charge on any atom is -0.502 e. The highest BCUT2D eigenvalue weighted by atomic mass is 19.1. The van der Waals surface area contributed by atoms with Crippen LogP contribution in [0, 0.1) is 11.6 Å². The summed E-state index contributed by atoms with van der Waals surface area (Å²) in [5, 5.41) is 12.4. The quantitative estimate of drug-likeness (QED) is 0.451. The summed E-state index contributed by atoms with van der Waals surface area (Å²) in [6, 6.07) is 8.37. The number of ether oxygens (including phenoxy) is 1. The van der Waals surface area contributed by atoms with Crippen LogP contribution in [0.25, 0.3) is 0 Å². The van der Waals surface area contributed by atoms with Gasteiger partial charge in [-0.2, -0.15) is 0 Å². The van der Waals surface area contributed by atoms with Crippen molar-refractivity contribution in [3.63, 3.8) is 0 Å². The average Bonchev–Trinajstić information content (AvgIpc) is 2.86. The number of aromatic nitrogens is 2. The molecule has 1 N–H and O–H groups in total. The molecule has 4 rings (SSSR count). The molecule has 3 aromatic rings. The number of aryl methyl sites for hydroxylation is 1. The molecule has 1 aliphatic heterocycles. The van der Waals surface area contributed by atoms with Crippen molar-refractivity contribution < 1.29 is 28.2 Å². The molecule has 0 fully saturated rings. The van der Waals surface area contributed by atoms with Gasteiger partial charge in [0.15, 0.2) is 17.2 Å². The topological polar surface area (TPSA) is 105 Å². The molecule has 0 aliphatic carbocycles. The number of pyridine rings is 2. The highest BCUT2D eigenvalue weighted by Crippen LogP contribution is 2.23. The molecule has 0 spiro atoms. The Hall–Kier alpha value is -4.12. The van der Waals surface area contributed by atoms with Gasteiger partial charge in [-0.25, -0.2) is 8.78 Å². The van der Waals surface area contributed by atoms with E-state index in [9.17, 15) is 28.3 Å². The van der Waals surface area contributed by atoms with E-state index in [0.717, 1.165) is 12.1 Å². The molecular formula is C25H24F2N4O5. The third kappa shape index (κ3) is 5.10. The number of fused-ring (bicyclic) bond motifs is 1. The molecule has 0 unspecified atom stereocenters. The lowest BCUT2D eigenvalue weighted by Gasteiger charge is -2.39. The molecule has 188 valence electrons. The second kappa shape index (κ2) is 10.6. The molecule has 0 saturated heterocycles. The number of Topliss-reactive ketones (excluding diaryl/α,β-unsaturated/α-hetero) is 1. The number of rotatable bonds is 9. The van der Waals surface area contributed by atoms with E-state index in [-0.39, 0.29) is 56.0 Å². The third-order valence-corrected chi connectivity index (χ3v) is 5.87. The Kier molecular flexibility index (Phi) is 7.39. The lowest BCUT2D eigenvalue weighted by Crippen LogP contribution is -2.54. The van der Waals surface area contributed by atoms with E-state index < -0.39 is 34.5 Å². The first-order chi connectivity index (χ1) is 17.3. The summed E-state index contributed by atoms with van der Waals surface area (Å²) in [7, 11) is 1.49. The molecule has 0 bridgehead atoms. The summed E-state index contributed by atoms with van der Waals surface area (Å²) in [5.74, 6) is -3.63. The zero-order valence-corrected chi connectivity index (χ0v) is 19.5. The number of methoxy groups -OCH3 is 1. The van der Waals surface area contributed by atoms with Crippen molar-refractivity contribution in [1.29, 1.82) is 0 Å². The van der Waals surface area contributed by atoms with Crippen molar-refractivity contribution in [2.24, 2.45) is 0 Å². The van der Waals surface area contributed by atoms with Crippen molar-refractivity contribution in [3.8, 4) is 5.75 Å². The molecule has 1 aliphatic rings. The SMILES string of the molecule is COCCN1CN(Cc2ccccn2)n2cc(C(=O)CCc3ccc(F)cc3F)c(=O)c(O)c2C1=O. The molecule has 0 saturated carbocycles. The van der Waals surface area contributed by atoms with Crippen molar-refractivity contribution in [1.82, 2.24) is 14.6 Å². The number of carbonyl (C=O) groups is 2. The third-order valence-electron chi connectivity index (χ3n) is 5.87. The van der Waals surface area contributed by atoms with Crippen molar-refractivity contribution >= 4 is 11.7 Å². The number of hydrogen-bond donors (Lipinski definition) is 1. The maximum Gasteiger partial charge on any atom is 0.277 e. The van der Waals surface area contributed by atoms with E-state index >= 15 is 0 Å². The molecule has 0 radical (unpaired) electrons. The van der Waals surface area contributed by atoms with Crippen molar-refractivity contribution in [2.75, 3.05) is 31.9 Å². The molecule has 0 atom stereocenters. The van der Waals surface area contributed by atoms with Gasteiger partial charge in [0.25, 0.3) is 5.91 Å². The summed E-state index contributed by atoms with van der Waals surface area (Å²) in [4.78, 5) is 44.7. The fourth-order valence-corrected chi connectivity index (χ4v) is 3.98. The van der Waals surface area contributed by atoms with Gasteiger partial charge in [-0.3, -0.25) is 29.1 Å². The lowest BCUT2D eigenvalue weighted by atomic mass is 10.0. The van der Waals surface area contributed by atoms with Crippen LogP contribution in [0.15, 0.2) is 53.6 Å². The van der Waals surface area contributed by atoms with Crippen LogP contribution in [0.5, 0.6) is 5.75 Å². The highest BCUT2D eigenvalue weighted by molar-refractivity contribution is 6.00. The minimum atomic E-state index is -0.995. The standard InChI is InChI=1S/C25H24F2N4O5/c1-36-11-10-29-15-30(13-18-4-2-3-9-28-18)31-14-19(23(33)24(34)22(31)25(29)35)21(32)8-6-16-5-7-17(26)12-20(16)27/h2-5,7,9,12,14,34H,6,8,10-11,13,15H2,1H3. The molecule has 3 heterocycles. The van der Waals surface area contributed by atoms with Crippen LogP contribution in [-0.4, -0.2) is 58.3 Å². The van der Waals surface area contributed by atoms with Gasteiger partial charge in [-0.05, 0) is 30.2 Å². The molecule has 9 nitrogen and oxygen atoms in total. The van der Waals surface area contributed by atoms with E-state index in [2.05, 4.69) is 4.98 Å². The van der Waals surface area contributed by atoms with Gasteiger partial charge in [-0.15, -0.1) is 0 Å². The van der Waals surface area contributed by atoms with Gasteiger partial charge in [0.1, 0.15) is 18.3 Å². The maximum absolute atomic E-state index is 14.0. The number of nitrogens with zero attached hydrogens (tertiary/aromatic N) is 4. The van der Waals surface area contributed by atoms with Gasteiger partial charge < -0.3 is 14.7 Å². The Morgan fingerprint density at radius 2 is 2.00 bits per heavy atom. The molecule has 11 heteroatoms. The first kappa shape index (κ1) is 25.0. The van der Waals surface area contributed by atoms with E-state index in [4.69, 9.17) is 4.74 Å². The Balaban J connectivity index is 1.69. The number of aromatic hydroxyl groups is 1. The van der Waals surface area contributed by atoms with Gasteiger partial charge in [0, 0.05) is 38.5 Å². The summed E-state index contributed by atoms with van der Waals surface area (Å²) in [5.41, 5.74) is -0.844. The largest absolute Gasteiger partial charge is 0.502 e. The monoisotopic (exact) mass is 498 g/mol. The average molecular weight is 498 g/mol. The first-order valence-corrected chi connectivity index (χ1v) is 11.2. The van der Waals surface area contributed by atoms with Crippen LogP contribution >= 0.6 is 0 Å². The summed E-state index contributed by atoms with van der Waals surface area (Å²) < 4.78 is 33.5. The smallest absolute Gasteiger partial charge is 0.277 e. The molecule has 1 amide bonds. The second-order valence-electron chi connectivity index (χ2n) is 8.26. The van der Waals surface area contributed by atoms with Crippen LogP contribution in [0.4, 0.5) is 8.78 Å². The summed E-state index contributed by atoms with van der Waals surface area (Å²) >= 11 is 0. The number of halogens is 2. The van der Waals surface area contributed by atoms with Crippen LogP contribution < -0.4 is 10.4 Å². The fourth-order valence-electron chi connectivity index (χ4n) is 3.98.